The van der Waals surface area contributed by atoms with Crippen molar-refractivity contribution < 1.29 is 14.4 Å². The Morgan fingerprint density at radius 1 is 1.47 bits per heavy atom. The van der Waals surface area contributed by atoms with Crippen LogP contribution in [0.1, 0.15) is 26.2 Å². The van der Waals surface area contributed by atoms with Gasteiger partial charge in [0, 0.05) is 18.6 Å². The van der Waals surface area contributed by atoms with E-state index in [9.17, 15) is 14.4 Å². The number of hydrogen-bond acceptors (Lipinski definition) is 4. The molecule has 19 heavy (non-hydrogen) atoms. The number of nitrogens with two attached hydrogens (primary N) is 1. The topological polar surface area (TPSA) is 95.7 Å². The van der Waals surface area contributed by atoms with Gasteiger partial charge in [0.05, 0.1) is 0 Å². The fourth-order valence-corrected chi connectivity index (χ4v) is 2.68. The molecule has 0 saturated carbocycles. The van der Waals surface area contributed by atoms with Gasteiger partial charge in [-0.1, -0.05) is 0 Å². The number of nitrogens with one attached hydrogen (secondary N) is 1. The highest BCUT2D eigenvalue weighted by Crippen LogP contribution is 2.19. The Morgan fingerprint density at radius 2 is 2.21 bits per heavy atom. The van der Waals surface area contributed by atoms with Crippen molar-refractivity contribution in [2.45, 2.75) is 38.3 Å². The van der Waals surface area contributed by atoms with Gasteiger partial charge in [0.2, 0.25) is 11.8 Å². The number of amides is 4. The van der Waals surface area contributed by atoms with E-state index < -0.39 is 6.03 Å². The van der Waals surface area contributed by atoms with Gasteiger partial charge >= 0.3 is 6.03 Å². The molecule has 2 aliphatic rings. The zero-order chi connectivity index (χ0) is 14.0. The number of hydrogen-bond donors (Lipinski definition) is 2. The van der Waals surface area contributed by atoms with E-state index in [1.54, 1.807) is 4.90 Å². The molecule has 3 N–H and O–H groups in total. The van der Waals surface area contributed by atoms with Gasteiger partial charge in [-0.15, -0.1) is 0 Å². The first-order chi connectivity index (χ1) is 8.99. The molecule has 106 valence electrons. The summed E-state index contributed by atoms with van der Waals surface area (Å²) in [4.78, 5) is 37.7. The summed E-state index contributed by atoms with van der Waals surface area (Å²) in [6.07, 6.45) is 2.92. The number of carbonyl (C=O) groups is 3. The van der Waals surface area contributed by atoms with Crippen LogP contribution in [0.3, 0.4) is 0 Å². The first-order valence-corrected chi connectivity index (χ1v) is 6.63. The van der Waals surface area contributed by atoms with Crippen molar-refractivity contribution in [1.82, 2.24) is 15.1 Å². The molecule has 0 aromatic rings. The lowest BCUT2D eigenvalue weighted by molar-refractivity contribution is -0.135. The highest BCUT2D eigenvalue weighted by Gasteiger charge is 2.33. The Labute approximate surface area is 112 Å². The van der Waals surface area contributed by atoms with Gasteiger partial charge in [-0.2, -0.15) is 0 Å². The Hall–Kier alpha value is -1.63. The Bertz CT molecular complexity index is 396. The van der Waals surface area contributed by atoms with Gasteiger partial charge in [0.1, 0.15) is 13.1 Å². The molecular formula is C12H20N4O3. The van der Waals surface area contributed by atoms with Crippen molar-refractivity contribution in [3.63, 3.8) is 0 Å². The average Bonchev–Trinajstić information content (AvgIpc) is 2.67. The summed E-state index contributed by atoms with van der Waals surface area (Å²) in [5.74, 6) is -0.493. The lowest BCUT2D eigenvalue weighted by Crippen LogP contribution is -2.54. The molecule has 0 spiro atoms. The summed E-state index contributed by atoms with van der Waals surface area (Å²) in [6.45, 7) is 2.47. The van der Waals surface area contributed by atoms with Crippen molar-refractivity contribution in [2.75, 3.05) is 19.6 Å². The van der Waals surface area contributed by atoms with Gasteiger partial charge in [0.25, 0.3) is 0 Å². The smallest absolute Gasteiger partial charge is 0.325 e. The summed E-state index contributed by atoms with van der Waals surface area (Å²) < 4.78 is 0. The third-order valence-electron chi connectivity index (χ3n) is 3.67. The van der Waals surface area contributed by atoms with Crippen LogP contribution in [0.15, 0.2) is 0 Å². The quantitative estimate of drug-likeness (QED) is 0.659. The standard InChI is InChI=1S/C12H20N4O3/c1-8(13)9-4-2-3-5-16(9)11(18)7-15-6-10(17)14-12(15)19/h8-9H,2-7,13H2,1H3,(H,14,17,19). The molecule has 2 saturated heterocycles. The van der Waals surface area contributed by atoms with Gasteiger partial charge in [-0.05, 0) is 26.2 Å². The third-order valence-corrected chi connectivity index (χ3v) is 3.67. The second-order valence-electron chi connectivity index (χ2n) is 5.22. The van der Waals surface area contributed by atoms with E-state index in [0.29, 0.717) is 6.54 Å². The fourth-order valence-electron chi connectivity index (χ4n) is 2.68. The second kappa shape index (κ2) is 5.56. The van der Waals surface area contributed by atoms with E-state index in [1.165, 1.54) is 4.90 Å². The summed E-state index contributed by atoms with van der Waals surface area (Å²) >= 11 is 0. The number of urea groups is 1. The molecule has 2 atom stereocenters. The van der Waals surface area contributed by atoms with Crippen LogP contribution in [0, 0.1) is 0 Å². The van der Waals surface area contributed by atoms with Crippen molar-refractivity contribution >= 4 is 17.8 Å². The molecule has 0 aliphatic carbocycles. The van der Waals surface area contributed by atoms with Crippen LogP contribution >= 0.6 is 0 Å². The molecular weight excluding hydrogens is 248 g/mol. The van der Waals surface area contributed by atoms with E-state index in [2.05, 4.69) is 5.32 Å². The molecule has 2 fully saturated rings. The lowest BCUT2D eigenvalue weighted by atomic mass is 9.97. The van der Waals surface area contributed by atoms with Gasteiger partial charge in [-0.3, -0.25) is 14.9 Å². The summed E-state index contributed by atoms with van der Waals surface area (Å²) in [5, 5.41) is 2.16. The number of piperidine rings is 1. The molecule has 2 rings (SSSR count). The number of nitrogens with zero attached hydrogens (tertiary/aromatic N) is 2. The molecule has 4 amide bonds. The van der Waals surface area contributed by atoms with Crippen LogP contribution in [0.2, 0.25) is 0 Å². The molecule has 2 aliphatic heterocycles. The number of imide groups is 1. The van der Waals surface area contributed by atoms with Gasteiger partial charge < -0.3 is 15.5 Å². The third kappa shape index (κ3) is 3.04. The van der Waals surface area contributed by atoms with Crippen molar-refractivity contribution in [3.05, 3.63) is 0 Å². The summed E-state index contributed by atoms with van der Waals surface area (Å²) in [6, 6.07) is -0.548. The van der Waals surface area contributed by atoms with E-state index in [4.69, 9.17) is 5.73 Å². The highest BCUT2D eigenvalue weighted by atomic mass is 16.2. The maximum atomic E-state index is 12.3. The molecule has 2 unspecified atom stereocenters. The monoisotopic (exact) mass is 268 g/mol. The molecule has 7 nitrogen and oxygen atoms in total. The largest absolute Gasteiger partial charge is 0.337 e. The molecule has 0 aromatic heterocycles. The number of carbonyl (C=O) groups excluding carboxylic acids is 3. The first-order valence-electron chi connectivity index (χ1n) is 6.63. The van der Waals surface area contributed by atoms with Crippen LogP contribution in [-0.2, 0) is 9.59 Å². The maximum Gasteiger partial charge on any atom is 0.325 e. The predicted molar refractivity (Wildman–Crippen MR) is 68.1 cm³/mol. The highest BCUT2D eigenvalue weighted by molar-refractivity contribution is 6.03. The van der Waals surface area contributed by atoms with Gasteiger partial charge in [0.15, 0.2) is 0 Å². The normalized spacial score (nSPS) is 25.5. The van der Waals surface area contributed by atoms with Crippen LogP contribution in [0.5, 0.6) is 0 Å². The number of rotatable bonds is 3. The minimum absolute atomic E-state index is 0.0302. The lowest BCUT2D eigenvalue weighted by Gasteiger charge is -2.38. The van der Waals surface area contributed by atoms with E-state index >= 15 is 0 Å². The van der Waals surface area contributed by atoms with E-state index in [-0.39, 0.29) is 37.0 Å². The maximum absolute atomic E-state index is 12.3. The van der Waals surface area contributed by atoms with E-state index in [0.717, 1.165) is 19.3 Å². The predicted octanol–water partition coefficient (Wildman–Crippen LogP) is -0.733. The van der Waals surface area contributed by atoms with Crippen molar-refractivity contribution in [1.29, 1.82) is 0 Å². The molecule has 0 radical (unpaired) electrons. The van der Waals surface area contributed by atoms with Crippen LogP contribution < -0.4 is 11.1 Å². The van der Waals surface area contributed by atoms with Crippen LogP contribution in [-0.4, -0.2) is 59.4 Å². The zero-order valence-corrected chi connectivity index (χ0v) is 11.1. The minimum Gasteiger partial charge on any atom is -0.337 e. The molecule has 7 heteroatoms. The van der Waals surface area contributed by atoms with Crippen LogP contribution in [0.25, 0.3) is 0 Å². The molecule has 2 heterocycles. The first kappa shape index (κ1) is 13.8. The fraction of sp³-hybridized carbons (Fsp3) is 0.750. The van der Waals surface area contributed by atoms with E-state index in [1.807, 2.05) is 6.92 Å². The SMILES string of the molecule is CC(N)C1CCCCN1C(=O)CN1CC(=O)NC1=O. The van der Waals surface area contributed by atoms with Crippen molar-refractivity contribution in [3.8, 4) is 0 Å². The van der Waals surface area contributed by atoms with Crippen LogP contribution in [0.4, 0.5) is 4.79 Å². The number of likely N-dealkylation sites (tertiary alicyclic amines) is 1. The minimum atomic E-state index is -0.493. The summed E-state index contributed by atoms with van der Waals surface area (Å²) in [7, 11) is 0. The average molecular weight is 268 g/mol. The van der Waals surface area contributed by atoms with Gasteiger partial charge in [-0.25, -0.2) is 4.79 Å². The van der Waals surface area contributed by atoms with Crippen molar-refractivity contribution in [2.24, 2.45) is 5.73 Å². The Kier molecular flexibility index (Phi) is 4.04. The Morgan fingerprint density at radius 3 is 2.79 bits per heavy atom. The Balaban J connectivity index is 1.98. The molecule has 0 aromatic carbocycles. The summed E-state index contributed by atoms with van der Waals surface area (Å²) in [5.41, 5.74) is 5.91. The molecule has 0 bridgehead atoms. The second-order valence-corrected chi connectivity index (χ2v) is 5.22. The zero-order valence-electron chi connectivity index (χ0n) is 11.1.